The van der Waals surface area contributed by atoms with Crippen molar-refractivity contribution in [3.8, 4) is 0 Å². The van der Waals surface area contributed by atoms with E-state index in [0.29, 0.717) is 0 Å². The molecule has 1 aromatic heterocycles. The SMILES string of the molecule is CN(C)C(=O)N1CCC2(C1)CN(Cc1ccccc1)c1cccnc12. The molecule has 1 fully saturated rings. The second-order valence-electron chi connectivity index (χ2n) is 7.34. The molecule has 1 unspecified atom stereocenters. The van der Waals surface area contributed by atoms with Crippen LogP contribution in [0.3, 0.4) is 0 Å². The molecule has 5 nitrogen and oxygen atoms in total. The molecule has 0 radical (unpaired) electrons. The third-order valence-electron chi connectivity index (χ3n) is 5.35. The number of amides is 2. The molecule has 1 spiro atoms. The van der Waals surface area contributed by atoms with E-state index in [1.54, 1.807) is 4.90 Å². The Morgan fingerprint density at radius 1 is 1.16 bits per heavy atom. The number of rotatable bonds is 2. The molecular weight excluding hydrogens is 312 g/mol. The van der Waals surface area contributed by atoms with Gasteiger partial charge in [-0.1, -0.05) is 30.3 Å². The second-order valence-corrected chi connectivity index (χ2v) is 7.34. The molecule has 0 bridgehead atoms. The number of pyridine rings is 1. The van der Waals surface area contributed by atoms with Crippen LogP contribution in [0.25, 0.3) is 0 Å². The van der Waals surface area contributed by atoms with E-state index in [0.717, 1.165) is 38.3 Å². The van der Waals surface area contributed by atoms with E-state index in [4.69, 9.17) is 4.98 Å². The maximum atomic E-state index is 12.4. The fourth-order valence-electron chi connectivity index (χ4n) is 4.17. The van der Waals surface area contributed by atoms with E-state index in [2.05, 4.69) is 35.2 Å². The third kappa shape index (κ3) is 2.73. The van der Waals surface area contributed by atoms with Gasteiger partial charge in [-0.25, -0.2) is 4.79 Å². The standard InChI is InChI=1S/C20H24N4O/c1-22(2)19(25)23-12-10-20(14-23)15-24(13-16-7-4-3-5-8-16)17-9-6-11-21-18(17)20/h3-9,11H,10,12-15H2,1-2H3. The lowest BCUT2D eigenvalue weighted by atomic mass is 9.85. The third-order valence-corrected chi connectivity index (χ3v) is 5.35. The number of nitrogens with zero attached hydrogens (tertiary/aromatic N) is 4. The Kier molecular flexibility index (Phi) is 3.86. The van der Waals surface area contributed by atoms with Crippen LogP contribution in [0.5, 0.6) is 0 Å². The normalized spacial score (nSPS) is 21.7. The molecule has 1 saturated heterocycles. The number of likely N-dealkylation sites (tertiary alicyclic amines) is 1. The first-order valence-corrected chi connectivity index (χ1v) is 8.80. The minimum atomic E-state index is -0.0446. The van der Waals surface area contributed by atoms with Crippen molar-refractivity contribution in [1.29, 1.82) is 0 Å². The van der Waals surface area contributed by atoms with Crippen molar-refractivity contribution in [2.45, 2.75) is 18.4 Å². The average molecular weight is 336 g/mol. The molecule has 25 heavy (non-hydrogen) atoms. The number of benzene rings is 1. The van der Waals surface area contributed by atoms with Crippen LogP contribution in [0.15, 0.2) is 48.7 Å². The van der Waals surface area contributed by atoms with Crippen molar-refractivity contribution in [2.24, 2.45) is 0 Å². The molecule has 1 aromatic carbocycles. The molecule has 5 heteroatoms. The van der Waals surface area contributed by atoms with Crippen molar-refractivity contribution >= 4 is 11.7 Å². The van der Waals surface area contributed by atoms with Crippen LogP contribution in [-0.4, -0.2) is 54.5 Å². The Balaban J connectivity index is 1.62. The number of hydrogen-bond acceptors (Lipinski definition) is 3. The average Bonchev–Trinajstić information content (AvgIpc) is 3.18. The first-order valence-electron chi connectivity index (χ1n) is 8.80. The number of anilines is 1. The molecule has 4 rings (SSSR count). The highest BCUT2D eigenvalue weighted by molar-refractivity contribution is 5.75. The summed E-state index contributed by atoms with van der Waals surface area (Å²) in [7, 11) is 3.63. The van der Waals surface area contributed by atoms with Crippen molar-refractivity contribution in [3.63, 3.8) is 0 Å². The number of carbonyl (C=O) groups is 1. The van der Waals surface area contributed by atoms with E-state index in [9.17, 15) is 4.79 Å². The van der Waals surface area contributed by atoms with Gasteiger partial charge >= 0.3 is 6.03 Å². The van der Waals surface area contributed by atoms with Crippen LogP contribution in [0, 0.1) is 0 Å². The predicted octanol–water partition coefficient (Wildman–Crippen LogP) is 2.73. The van der Waals surface area contributed by atoms with Gasteiger partial charge in [0, 0.05) is 46.5 Å². The highest BCUT2D eigenvalue weighted by atomic mass is 16.2. The van der Waals surface area contributed by atoms with Crippen LogP contribution < -0.4 is 4.90 Å². The number of hydrogen-bond donors (Lipinski definition) is 0. The second kappa shape index (κ2) is 6.06. The Morgan fingerprint density at radius 2 is 1.96 bits per heavy atom. The van der Waals surface area contributed by atoms with Gasteiger partial charge in [-0.05, 0) is 24.1 Å². The molecule has 2 aliphatic heterocycles. The molecule has 3 heterocycles. The fourth-order valence-corrected chi connectivity index (χ4v) is 4.17. The Morgan fingerprint density at radius 3 is 2.72 bits per heavy atom. The zero-order chi connectivity index (χ0) is 17.4. The highest BCUT2D eigenvalue weighted by Crippen LogP contribution is 2.45. The number of aromatic nitrogens is 1. The monoisotopic (exact) mass is 336 g/mol. The largest absolute Gasteiger partial charge is 0.365 e. The quantitative estimate of drug-likeness (QED) is 0.846. The van der Waals surface area contributed by atoms with Gasteiger partial charge in [0.2, 0.25) is 0 Å². The summed E-state index contributed by atoms with van der Waals surface area (Å²) in [6.07, 6.45) is 2.85. The van der Waals surface area contributed by atoms with Crippen LogP contribution >= 0.6 is 0 Å². The van der Waals surface area contributed by atoms with Crippen molar-refractivity contribution in [1.82, 2.24) is 14.8 Å². The maximum absolute atomic E-state index is 12.4. The lowest BCUT2D eigenvalue weighted by Gasteiger charge is -2.27. The van der Waals surface area contributed by atoms with E-state index in [1.165, 1.54) is 11.3 Å². The lowest BCUT2D eigenvalue weighted by Crippen LogP contribution is -2.41. The maximum Gasteiger partial charge on any atom is 0.319 e. The summed E-state index contributed by atoms with van der Waals surface area (Å²) in [5.74, 6) is 0. The van der Waals surface area contributed by atoms with Gasteiger partial charge in [0.25, 0.3) is 0 Å². The van der Waals surface area contributed by atoms with Crippen LogP contribution in [0.1, 0.15) is 17.7 Å². The first-order chi connectivity index (χ1) is 12.1. The first kappa shape index (κ1) is 15.9. The van der Waals surface area contributed by atoms with Gasteiger partial charge in [-0.15, -0.1) is 0 Å². The summed E-state index contributed by atoms with van der Waals surface area (Å²) >= 11 is 0. The molecule has 2 amide bonds. The van der Waals surface area contributed by atoms with Crippen LogP contribution in [0.2, 0.25) is 0 Å². The molecule has 0 aliphatic carbocycles. The van der Waals surface area contributed by atoms with Crippen molar-refractivity contribution in [3.05, 3.63) is 59.9 Å². The Labute approximate surface area is 148 Å². The van der Waals surface area contributed by atoms with E-state index in [-0.39, 0.29) is 11.4 Å². The van der Waals surface area contributed by atoms with Gasteiger partial charge in [-0.3, -0.25) is 4.98 Å². The van der Waals surface area contributed by atoms with Gasteiger partial charge in [-0.2, -0.15) is 0 Å². The smallest absolute Gasteiger partial charge is 0.319 e. The van der Waals surface area contributed by atoms with Gasteiger partial charge < -0.3 is 14.7 Å². The van der Waals surface area contributed by atoms with E-state index in [1.807, 2.05) is 37.3 Å². The summed E-state index contributed by atoms with van der Waals surface area (Å²) in [6.45, 7) is 3.35. The molecule has 1 atom stereocenters. The molecule has 2 aromatic rings. The minimum Gasteiger partial charge on any atom is -0.365 e. The fraction of sp³-hybridized carbons (Fsp3) is 0.400. The van der Waals surface area contributed by atoms with E-state index < -0.39 is 0 Å². The predicted molar refractivity (Wildman–Crippen MR) is 98.7 cm³/mol. The summed E-state index contributed by atoms with van der Waals surface area (Å²) in [4.78, 5) is 23.2. The lowest BCUT2D eigenvalue weighted by molar-refractivity contribution is 0.179. The number of carbonyl (C=O) groups excluding carboxylic acids is 1. The molecule has 2 aliphatic rings. The molecule has 0 saturated carbocycles. The van der Waals surface area contributed by atoms with Crippen LogP contribution in [-0.2, 0) is 12.0 Å². The van der Waals surface area contributed by atoms with E-state index >= 15 is 0 Å². The zero-order valence-corrected chi connectivity index (χ0v) is 14.9. The summed E-state index contributed by atoms with van der Waals surface area (Å²) < 4.78 is 0. The Bertz CT molecular complexity index is 776. The molecule has 130 valence electrons. The zero-order valence-electron chi connectivity index (χ0n) is 14.9. The molecular formula is C20H24N4O. The van der Waals surface area contributed by atoms with Crippen LogP contribution in [0.4, 0.5) is 10.5 Å². The molecule has 0 N–H and O–H groups in total. The number of urea groups is 1. The van der Waals surface area contributed by atoms with Crippen molar-refractivity contribution < 1.29 is 4.79 Å². The highest BCUT2D eigenvalue weighted by Gasteiger charge is 2.49. The van der Waals surface area contributed by atoms with Gasteiger partial charge in [0.15, 0.2) is 0 Å². The summed E-state index contributed by atoms with van der Waals surface area (Å²) in [5.41, 5.74) is 3.62. The topological polar surface area (TPSA) is 39.7 Å². The Hall–Kier alpha value is -2.56. The van der Waals surface area contributed by atoms with Gasteiger partial charge in [0.05, 0.1) is 16.8 Å². The number of fused-ring (bicyclic) bond motifs is 2. The summed E-state index contributed by atoms with van der Waals surface area (Å²) in [6, 6.07) is 14.8. The van der Waals surface area contributed by atoms with Gasteiger partial charge in [0.1, 0.15) is 0 Å². The minimum absolute atomic E-state index is 0.0446. The summed E-state index contributed by atoms with van der Waals surface area (Å²) in [5, 5.41) is 0. The van der Waals surface area contributed by atoms with Crippen molar-refractivity contribution in [2.75, 3.05) is 38.6 Å².